The molecule has 0 aliphatic heterocycles. The van der Waals surface area contributed by atoms with Crippen LogP contribution < -0.4 is 5.32 Å². The molecule has 2 aromatic carbocycles. The zero-order chi connectivity index (χ0) is 17.2. The van der Waals surface area contributed by atoms with Crippen LogP contribution in [-0.2, 0) is 5.41 Å². The molecule has 1 aromatic heterocycles. The third-order valence-corrected chi connectivity index (χ3v) is 4.55. The van der Waals surface area contributed by atoms with E-state index in [9.17, 15) is 9.50 Å². The first kappa shape index (κ1) is 16.4. The van der Waals surface area contributed by atoms with E-state index >= 15 is 0 Å². The lowest BCUT2D eigenvalue weighted by atomic mass is 9.85. The molecular weight excluding hydrogens is 325 g/mol. The molecule has 0 bridgehead atoms. The molecule has 0 aliphatic rings. The summed E-state index contributed by atoms with van der Waals surface area (Å²) in [5.41, 5.74) is 1.47. The number of benzene rings is 2. The average Bonchev–Trinajstić information content (AvgIpc) is 3.03. The summed E-state index contributed by atoms with van der Waals surface area (Å²) in [6.07, 6.45) is 0. The summed E-state index contributed by atoms with van der Waals surface area (Å²) in [5, 5.41) is 13.8. The third kappa shape index (κ3) is 3.54. The molecule has 0 unspecified atom stereocenters. The Balaban J connectivity index is 1.71. The Labute approximate surface area is 144 Å². The number of hydrogen-bond donors (Lipinski definition) is 2. The Kier molecular flexibility index (Phi) is 4.49. The fourth-order valence-corrected chi connectivity index (χ4v) is 2.94. The molecule has 1 heterocycles. The molecule has 0 saturated carbocycles. The Morgan fingerprint density at radius 3 is 2.54 bits per heavy atom. The molecule has 3 aromatic rings. The monoisotopic (exact) mass is 343 g/mol. The van der Waals surface area contributed by atoms with E-state index in [1.54, 1.807) is 30.3 Å². The molecule has 0 amide bonds. The first-order valence-corrected chi connectivity index (χ1v) is 8.35. The number of aromatic hydroxyl groups is 1. The van der Waals surface area contributed by atoms with Crippen LogP contribution in [-0.4, -0.2) is 21.0 Å². The summed E-state index contributed by atoms with van der Waals surface area (Å²) < 4.78 is 17.4. The highest BCUT2D eigenvalue weighted by molar-refractivity contribution is 7.09. The van der Waals surface area contributed by atoms with Gasteiger partial charge in [0.05, 0.1) is 5.56 Å². The van der Waals surface area contributed by atoms with E-state index in [0.29, 0.717) is 23.1 Å². The second-order valence-electron chi connectivity index (χ2n) is 6.18. The van der Waals surface area contributed by atoms with Crippen LogP contribution >= 0.6 is 11.5 Å². The van der Waals surface area contributed by atoms with Gasteiger partial charge < -0.3 is 10.4 Å². The molecule has 0 spiro atoms. The summed E-state index contributed by atoms with van der Waals surface area (Å²) in [7, 11) is 0. The highest BCUT2D eigenvalue weighted by Crippen LogP contribution is 2.29. The van der Waals surface area contributed by atoms with Crippen LogP contribution in [0.3, 0.4) is 0 Å². The number of phenols is 1. The number of anilines is 1. The van der Waals surface area contributed by atoms with Gasteiger partial charge in [0.1, 0.15) is 11.6 Å². The van der Waals surface area contributed by atoms with E-state index in [2.05, 4.69) is 28.5 Å². The van der Waals surface area contributed by atoms with Crippen LogP contribution in [0.25, 0.3) is 11.4 Å². The average molecular weight is 343 g/mol. The fourth-order valence-electron chi connectivity index (χ4n) is 2.37. The Morgan fingerprint density at radius 1 is 1.12 bits per heavy atom. The number of halogens is 1. The van der Waals surface area contributed by atoms with Gasteiger partial charge in [-0.1, -0.05) is 38.1 Å². The predicted octanol–water partition coefficient (Wildman–Crippen LogP) is 4.44. The first-order valence-electron chi connectivity index (χ1n) is 7.58. The van der Waals surface area contributed by atoms with Gasteiger partial charge in [-0.05, 0) is 29.8 Å². The van der Waals surface area contributed by atoms with E-state index in [4.69, 9.17) is 0 Å². The van der Waals surface area contributed by atoms with Gasteiger partial charge in [-0.2, -0.15) is 9.36 Å². The Bertz CT molecular complexity index is 830. The zero-order valence-corrected chi connectivity index (χ0v) is 14.3. The quantitative estimate of drug-likeness (QED) is 0.719. The largest absolute Gasteiger partial charge is 0.507 e. The van der Waals surface area contributed by atoms with Crippen LogP contribution in [0.5, 0.6) is 5.75 Å². The van der Waals surface area contributed by atoms with Crippen molar-refractivity contribution in [2.75, 3.05) is 11.9 Å². The maximum absolute atomic E-state index is 13.1. The van der Waals surface area contributed by atoms with Gasteiger partial charge in [0.15, 0.2) is 5.82 Å². The maximum Gasteiger partial charge on any atom is 0.202 e. The number of nitrogens with one attached hydrogen (secondary N) is 1. The molecule has 24 heavy (non-hydrogen) atoms. The summed E-state index contributed by atoms with van der Waals surface area (Å²) in [5.74, 6) is 0.424. The molecule has 0 atom stereocenters. The summed E-state index contributed by atoms with van der Waals surface area (Å²) in [6.45, 7) is 4.80. The van der Waals surface area contributed by atoms with Crippen molar-refractivity contribution in [3.05, 3.63) is 59.9 Å². The van der Waals surface area contributed by atoms with Gasteiger partial charge in [-0.15, -0.1) is 0 Å². The number of hydrogen-bond acceptors (Lipinski definition) is 5. The molecule has 4 nitrogen and oxygen atoms in total. The Morgan fingerprint density at radius 2 is 1.83 bits per heavy atom. The molecule has 124 valence electrons. The third-order valence-electron chi connectivity index (χ3n) is 3.88. The zero-order valence-electron chi connectivity index (χ0n) is 13.5. The van der Waals surface area contributed by atoms with Crippen molar-refractivity contribution in [1.82, 2.24) is 9.36 Å². The van der Waals surface area contributed by atoms with E-state index in [1.807, 2.05) is 6.07 Å². The molecule has 2 N–H and O–H groups in total. The van der Waals surface area contributed by atoms with Crippen molar-refractivity contribution in [2.24, 2.45) is 0 Å². The van der Waals surface area contributed by atoms with Crippen molar-refractivity contribution in [1.29, 1.82) is 0 Å². The van der Waals surface area contributed by atoms with Gasteiger partial charge >= 0.3 is 0 Å². The normalized spacial score (nSPS) is 11.5. The van der Waals surface area contributed by atoms with Crippen molar-refractivity contribution in [3.8, 4) is 17.1 Å². The molecular formula is C18H18FN3OS. The van der Waals surface area contributed by atoms with Crippen molar-refractivity contribution in [2.45, 2.75) is 19.3 Å². The summed E-state index contributed by atoms with van der Waals surface area (Å²) in [4.78, 5) is 4.43. The SMILES string of the molecule is CC(C)(CNc1nc(-c2ccccc2O)ns1)c1ccc(F)cc1. The number of aromatic nitrogens is 2. The van der Waals surface area contributed by atoms with Crippen molar-refractivity contribution in [3.63, 3.8) is 0 Å². The van der Waals surface area contributed by atoms with Crippen LogP contribution in [0.4, 0.5) is 9.52 Å². The van der Waals surface area contributed by atoms with Crippen LogP contribution in [0, 0.1) is 5.82 Å². The van der Waals surface area contributed by atoms with Crippen molar-refractivity contribution < 1.29 is 9.50 Å². The van der Waals surface area contributed by atoms with E-state index in [-0.39, 0.29) is 17.0 Å². The highest BCUT2D eigenvalue weighted by atomic mass is 32.1. The smallest absolute Gasteiger partial charge is 0.202 e. The molecule has 3 rings (SSSR count). The molecule has 6 heteroatoms. The van der Waals surface area contributed by atoms with Gasteiger partial charge in [0.25, 0.3) is 0 Å². The molecule has 0 saturated heterocycles. The standard InChI is InChI=1S/C18H18FN3OS/c1-18(2,12-7-9-13(19)10-8-12)11-20-17-21-16(22-24-17)14-5-3-4-6-15(14)23/h3-10,23H,11H2,1-2H3,(H,20,21,22). The topological polar surface area (TPSA) is 58.0 Å². The van der Waals surface area contributed by atoms with Crippen LogP contribution in [0.1, 0.15) is 19.4 Å². The summed E-state index contributed by atoms with van der Waals surface area (Å²) in [6, 6.07) is 13.5. The van der Waals surface area contributed by atoms with Gasteiger partial charge in [-0.3, -0.25) is 0 Å². The van der Waals surface area contributed by atoms with Gasteiger partial charge in [0, 0.05) is 23.5 Å². The lowest BCUT2D eigenvalue weighted by molar-refractivity contribution is 0.477. The van der Waals surface area contributed by atoms with Gasteiger partial charge in [0.2, 0.25) is 5.13 Å². The maximum atomic E-state index is 13.1. The van der Waals surface area contributed by atoms with Crippen molar-refractivity contribution >= 4 is 16.7 Å². The minimum absolute atomic E-state index is 0.161. The predicted molar refractivity (Wildman–Crippen MR) is 94.9 cm³/mol. The highest BCUT2D eigenvalue weighted by Gasteiger charge is 2.21. The molecule has 0 radical (unpaired) electrons. The van der Waals surface area contributed by atoms with E-state index < -0.39 is 0 Å². The number of para-hydroxylation sites is 1. The molecule has 0 fully saturated rings. The Hall–Kier alpha value is -2.47. The van der Waals surface area contributed by atoms with E-state index in [0.717, 1.165) is 5.56 Å². The second-order valence-corrected chi connectivity index (χ2v) is 6.94. The lowest BCUT2D eigenvalue weighted by Gasteiger charge is -2.25. The summed E-state index contributed by atoms with van der Waals surface area (Å²) >= 11 is 1.25. The molecule has 0 aliphatic carbocycles. The van der Waals surface area contributed by atoms with Gasteiger partial charge in [-0.25, -0.2) is 4.39 Å². The second kappa shape index (κ2) is 6.57. The first-order chi connectivity index (χ1) is 11.5. The fraction of sp³-hybridized carbons (Fsp3) is 0.222. The lowest BCUT2D eigenvalue weighted by Crippen LogP contribution is -2.27. The van der Waals surface area contributed by atoms with Crippen LogP contribution in [0.15, 0.2) is 48.5 Å². The minimum atomic E-state index is -0.237. The van der Waals surface area contributed by atoms with Crippen LogP contribution in [0.2, 0.25) is 0 Å². The number of nitrogens with zero attached hydrogens (tertiary/aromatic N) is 2. The minimum Gasteiger partial charge on any atom is -0.507 e. The number of rotatable bonds is 5. The van der Waals surface area contributed by atoms with E-state index in [1.165, 1.54) is 23.7 Å². The number of phenolic OH excluding ortho intramolecular Hbond substituents is 1.